The first-order chi connectivity index (χ1) is 13.2. The lowest BCUT2D eigenvalue weighted by Crippen LogP contribution is -2.43. The van der Waals surface area contributed by atoms with Crippen molar-refractivity contribution in [1.29, 1.82) is 0 Å². The lowest BCUT2D eigenvalue weighted by Gasteiger charge is -2.29. The number of fused-ring (bicyclic) bond motifs is 2. The van der Waals surface area contributed by atoms with Crippen LogP contribution in [0.4, 0.5) is 10.1 Å². The van der Waals surface area contributed by atoms with Gasteiger partial charge in [-0.3, -0.25) is 0 Å². The maximum absolute atomic E-state index is 14.7. The van der Waals surface area contributed by atoms with Crippen LogP contribution in [0.25, 0.3) is 31.8 Å². The first-order valence-corrected chi connectivity index (χ1v) is 9.60. The monoisotopic (exact) mass is 381 g/mol. The van der Waals surface area contributed by atoms with Gasteiger partial charge in [-0.05, 0) is 24.3 Å². The van der Waals surface area contributed by atoms with Gasteiger partial charge in [0.15, 0.2) is 0 Å². The van der Waals surface area contributed by atoms with Crippen molar-refractivity contribution in [3.05, 3.63) is 58.7 Å². The quantitative estimate of drug-likeness (QED) is 0.538. The van der Waals surface area contributed by atoms with Gasteiger partial charge in [0.2, 0.25) is 0 Å². The topological polar surface area (TPSA) is 58.4 Å². The summed E-state index contributed by atoms with van der Waals surface area (Å²) in [5, 5.41) is 4.38. The SMILES string of the molecule is O=c1oc2cc(N3CCNCC3)c(F)cc2cc1-c1nc2ccccc2s1. The molecule has 0 amide bonds. The third kappa shape index (κ3) is 2.89. The molecule has 5 nitrogen and oxygen atoms in total. The molecule has 0 unspecified atom stereocenters. The van der Waals surface area contributed by atoms with Crippen LogP contribution >= 0.6 is 11.3 Å². The van der Waals surface area contributed by atoms with E-state index in [0.29, 0.717) is 27.2 Å². The predicted octanol–water partition coefficient (Wildman–Crippen LogP) is 3.62. The van der Waals surface area contributed by atoms with E-state index < -0.39 is 5.63 Å². The van der Waals surface area contributed by atoms with Crippen molar-refractivity contribution in [2.45, 2.75) is 0 Å². The molecule has 1 aliphatic rings. The van der Waals surface area contributed by atoms with Crippen molar-refractivity contribution in [2.75, 3.05) is 31.1 Å². The molecule has 5 rings (SSSR count). The maximum Gasteiger partial charge on any atom is 0.346 e. The second-order valence-electron chi connectivity index (χ2n) is 6.51. The summed E-state index contributed by atoms with van der Waals surface area (Å²) in [6, 6.07) is 12.4. The number of hydrogen-bond acceptors (Lipinski definition) is 6. The highest BCUT2D eigenvalue weighted by Crippen LogP contribution is 2.31. The molecule has 0 saturated carbocycles. The van der Waals surface area contributed by atoms with E-state index in [2.05, 4.69) is 10.3 Å². The van der Waals surface area contributed by atoms with Gasteiger partial charge in [-0.25, -0.2) is 14.2 Å². The van der Waals surface area contributed by atoms with E-state index in [1.807, 2.05) is 29.2 Å². The van der Waals surface area contributed by atoms with Gasteiger partial charge in [-0.2, -0.15) is 0 Å². The van der Waals surface area contributed by atoms with E-state index in [1.165, 1.54) is 17.4 Å². The fraction of sp³-hybridized carbons (Fsp3) is 0.200. The van der Waals surface area contributed by atoms with Gasteiger partial charge in [0.1, 0.15) is 16.4 Å². The first kappa shape index (κ1) is 16.4. The molecule has 27 heavy (non-hydrogen) atoms. The zero-order valence-corrected chi connectivity index (χ0v) is 15.2. The molecule has 1 N–H and O–H groups in total. The molecule has 2 aromatic heterocycles. The molecular formula is C20H16FN3O2S. The Morgan fingerprint density at radius 1 is 1.15 bits per heavy atom. The summed E-state index contributed by atoms with van der Waals surface area (Å²) in [7, 11) is 0. The number of hydrogen-bond donors (Lipinski definition) is 1. The summed E-state index contributed by atoms with van der Waals surface area (Å²) in [6.45, 7) is 3.04. The van der Waals surface area contributed by atoms with Crippen LogP contribution in [0.1, 0.15) is 0 Å². The largest absolute Gasteiger partial charge is 0.422 e. The number of halogens is 1. The smallest absolute Gasteiger partial charge is 0.346 e. The fourth-order valence-electron chi connectivity index (χ4n) is 3.41. The number of anilines is 1. The molecule has 1 fully saturated rings. The molecule has 1 saturated heterocycles. The normalized spacial score (nSPS) is 14.9. The standard InChI is InChI=1S/C20H16FN3O2S/c21-14-10-12-9-13(19-23-15-3-1-2-4-18(15)27-19)20(25)26-17(12)11-16(14)24-7-5-22-6-8-24/h1-4,9-11,22H,5-8H2. The molecular weight excluding hydrogens is 365 g/mol. The van der Waals surface area contributed by atoms with E-state index in [-0.39, 0.29) is 5.82 Å². The summed E-state index contributed by atoms with van der Waals surface area (Å²) in [4.78, 5) is 19.0. The molecule has 0 aliphatic carbocycles. The van der Waals surface area contributed by atoms with E-state index >= 15 is 0 Å². The van der Waals surface area contributed by atoms with Gasteiger partial charge in [-0.1, -0.05) is 12.1 Å². The Morgan fingerprint density at radius 3 is 2.78 bits per heavy atom. The minimum atomic E-state index is -0.459. The van der Waals surface area contributed by atoms with Crippen molar-refractivity contribution in [1.82, 2.24) is 10.3 Å². The number of aromatic nitrogens is 1. The van der Waals surface area contributed by atoms with E-state index in [0.717, 1.165) is 36.4 Å². The summed E-state index contributed by atoms with van der Waals surface area (Å²) in [6.07, 6.45) is 0. The van der Waals surface area contributed by atoms with Gasteiger partial charge in [-0.15, -0.1) is 11.3 Å². The van der Waals surface area contributed by atoms with Crippen LogP contribution in [-0.2, 0) is 0 Å². The van der Waals surface area contributed by atoms with Crippen LogP contribution in [-0.4, -0.2) is 31.2 Å². The zero-order valence-electron chi connectivity index (χ0n) is 14.4. The van der Waals surface area contributed by atoms with Crippen molar-refractivity contribution in [3.8, 4) is 10.6 Å². The summed E-state index contributed by atoms with van der Waals surface area (Å²) < 4.78 is 21.2. The number of thiazole rings is 1. The molecule has 0 atom stereocenters. The van der Waals surface area contributed by atoms with E-state index in [1.54, 1.807) is 12.1 Å². The van der Waals surface area contributed by atoms with Crippen LogP contribution < -0.4 is 15.8 Å². The maximum atomic E-state index is 14.7. The van der Waals surface area contributed by atoms with Crippen LogP contribution in [0.15, 0.2) is 51.7 Å². The Hall–Kier alpha value is -2.77. The minimum Gasteiger partial charge on any atom is -0.422 e. The van der Waals surface area contributed by atoms with Crippen molar-refractivity contribution in [3.63, 3.8) is 0 Å². The second-order valence-corrected chi connectivity index (χ2v) is 7.54. The molecule has 4 aromatic rings. The highest BCUT2D eigenvalue weighted by Gasteiger charge is 2.18. The van der Waals surface area contributed by atoms with Crippen LogP contribution in [0.5, 0.6) is 0 Å². The second kappa shape index (κ2) is 6.44. The lowest BCUT2D eigenvalue weighted by atomic mass is 10.1. The summed E-state index contributed by atoms with van der Waals surface area (Å²) in [5.41, 5.74) is 1.59. The van der Waals surface area contributed by atoms with Gasteiger partial charge < -0.3 is 14.6 Å². The molecule has 136 valence electrons. The van der Waals surface area contributed by atoms with Gasteiger partial charge in [0.05, 0.1) is 21.5 Å². The number of nitrogens with one attached hydrogen (secondary N) is 1. The molecule has 2 aromatic carbocycles. The van der Waals surface area contributed by atoms with E-state index in [9.17, 15) is 9.18 Å². The number of nitrogens with zero attached hydrogens (tertiary/aromatic N) is 2. The third-order valence-electron chi connectivity index (χ3n) is 4.78. The predicted molar refractivity (Wildman–Crippen MR) is 106 cm³/mol. The number of benzene rings is 2. The van der Waals surface area contributed by atoms with Gasteiger partial charge >= 0.3 is 5.63 Å². The molecule has 0 radical (unpaired) electrons. The highest BCUT2D eigenvalue weighted by molar-refractivity contribution is 7.21. The van der Waals surface area contributed by atoms with Crippen molar-refractivity contribution >= 4 is 38.2 Å². The molecule has 0 spiro atoms. The van der Waals surface area contributed by atoms with Crippen LogP contribution in [0, 0.1) is 5.82 Å². The third-order valence-corrected chi connectivity index (χ3v) is 5.85. The van der Waals surface area contributed by atoms with Gasteiger partial charge in [0.25, 0.3) is 0 Å². The molecule has 1 aliphatic heterocycles. The van der Waals surface area contributed by atoms with Crippen molar-refractivity contribution in [2.24, 2.45) is 0 Å². The summed E-state index contributed by atoms with van der Waals surface area (Å²) >= 11 is 1.42. The average molecular weight is 381 g/mol. The Kier molecular flexibility index (Phi) is 3.91. The fourth-order valence-corrected chi connectivity index (χ4v) is 4.38. The number of rotatable bonds is 2. The Labute approximate surface area is 158 Å². The lowest BCUT2D eigenvalue weighted by molar-refractivity contribution is 0.552. The Morgan fingerprint density at radius 2 is 1.96 bits per heavy atom. The summed E-state index contributed by atoms with van der Waals surface area (Å²) in [5.74, 6) is -0.312. The number of piperazine rings is 1. The van der Waals surface area contributed by atoms with Crippen LogP contribution in [0.3, 0.4) is 0 Å². The average Bonchev–Trinajstić information content (AvgIpc) is 3.12. The highest BCUT2D eigenvalue weighted by atomic mass is 32.1. The zero-order chi connectivity index (χ0) is 18.4. The molecule has 3 heterocycles. The Balaban J connectivity index is 1.63. The first-order valence-electron chi connectivity index (χ1n) is 8.78. The van der Waals surface area contributed by atoms with Gasteiger partial charge in [0, 0.05) is 37.6 Å². The number of para-hydroxylation sites is 1. The van der Waals surface area contributed by atoms with Crippen molar-refractivity contribution < 1.29 is 8.81 Å². The minimum absolute atomic E-state index is 0.312. The van der Waals surface area contributed by atoms with E-state index in [4.69, 9.17) is 4.42 Å². The molecule has 7 heteroatoms. The Bertz CT molecular complexity index is 1180. The molecule has 0 bridgehead atoms. The van der Waals surface area contributed by atoms with Crippen LogP contribution in [0.2, 0.25) is 0 Å².